The first-order valence-electron chi connectivity index (χ1n) is 7.78. The Kier molecular flexibility index (Phi) is 5.65. The lowest BCUT2D eigenvalue weighted by Crippen LogP contribution is -2.32. The molecule has 1 unspecified atom stereocenters. The van der Waals surface area contributed by atoms with Gasteiger partial charge in [-0.25, -0.2) is 0 Å². The van der Waals surface area contributed by atoms with Crippen LogP contribution in [0.15, 0.2) is 54.6 Å². The van der Waals surface area contributed by atoms with Crippen molar-refractivity contribution < 1.29 is 18.0 Å². The van der Waals surface area contributed by atoms with E-state index in [0.717, 1.165) is 17.7 Å². The first-order valence-corrected chi connectivity index (χ1v) is 7.78. The number of amides is 1. The Hall–Kier alpha value is -2.30. The summed E-state index contributed by atoms with van der Waals surface area (Å²) in [4.78, 5) is 12.3. The maximum Gasteiger partial charge on any atom is 0.416 e. The van der Waals surface area contributed by atoms with Gasteiger partial charge >= 0.3 is 6.18 Å². The molecule has 0 bridgehead atoms. The monoisotopic (exact) mass is 335 g/mol. The lowest BCUT2D eigenvalue weighted by molar-refractivity contribution is -0.137. The van der Waals surface area contributed by atoms with Crippen LogP contribution in [0.4, 0.5) is 13.2 Å². The molecule has 128 valence electrons. The fourth-order valence-corrected chi connectivity index (χ4v) is 2.56. The van der Waals surface area contributed by atoms with Gasteiger partial charge in [-0.05, 0) is 23.1 Å². The Morgan fingerprint density at radius 3 is 2.29 bits per heavy atom. The van der Waals surface area contributed by atoms with Crippen LogP contribution >= 0.6 is 0 Å². The van der Waals surface area contributed by atoms with Gasteiger partial charge in [-0.2, -0.15) is 13.2 Å². The van der Waals surface area contributed by atoms with E-state index in [2.05, 4.69) is 5.32 Å². The van der Waals surface area contributed by atoms with E-state index in [0.29, 0.717) is 5.56 Å². The second kappa shape index (κ2) is 7.51. The molecule has 0 spiro atoms. The summed E-state index contributed by atoms with van der Waals surface area (Å²) in [7, 11) is 0. The zero-order chi connectivity index (χ0) is 17.7. The predicted molar refractivity (Wildman–Crippen MR) is 87.3 cm³/mol. The number of hydrogen-bond acceptors (Lipinski definition) is 1. The number of benzene rings is 2. The fraction of sp³-hybridized carbons (Fsp3) is 0.316. The molecular weight excluding hydrogens is 315 g/mol. The summed E-state index contributed by atoms with van der Waals surface area (Å²) in [6, 6.07) is 14.2. The van der Waals surface area contributed by atoms with Gasteiger partial charge in [-0.15, -0.1) is 0 Å². The van der Waals surface area contributed by atoms with Crippen LogP contribution in [0.25, 0.3) is 0 Å². The third-order valence-corrected chi connectivity index (χ3v) is 3.76. The van der Waals surface area contributed by atoms with Gasteiger partial charge in [0.1, 0.15) is 0 Å². The number of halogens is 3. The predicted octanol–water partition coefficient (Wildman–Crippen LogP) is 4.76. The highest BCUT2D eigenvalue weighted by atomic mass is 19.4. The Balaban J connectivity index is 2.09. The summed E-state index contributed by atoms with van der Waals surface area (Å²) < 4.78 is 38.2. The standard InChI is InChI=1S/C19H20F3NO/c1-13(2)18(15-8-4-3-5-9-15)23-17(24)12-14-7-6-10-16(11-14)19(20,21)22/h3-11,13,18H,12H2,1-2H3,(H,23,24). The molecule has 2 nitrogen and oxygen atoms in total. The van der Waals surface area contributed by atoms with Crippen molar-refractivity contribution in [1.82, 2.24) is 5.32 Å². The Morgan fingerprint density at radius 1 is 1.04 bits per heavy atom. The molecule has 24 heavy (non-hydrogen) atoms. The number of carbonyl (C=O) groups is 1. The van der Waals surface area contributed by atoms with Gasteiger partial charge in [-0.3, -0.25) is 4.79 Å². The van der Waals surface area contributed by atoms with Crippen LogP contribution in [0.1, 0.15) is 36.6 Å². The van der Waals surface area contributed by atoms with E-state index in [1.54, 1.807) is 0 Å². The van der Waals surface area contributed by atoms with Crippen molar-refractivity contribution >= 4 is 5.91 Å². The average Bonchev–Trinajstić information content (AvgIpc) is 2.52. The van der Waals surface area contributed by atoms with E-state index in [4.69, 9.17) is 0 Å². The summed E-state index contributed by atoms with van der Waals surface area (Å²) in [5, 5.41) is 2.92. The summed E-state index contributed by atoms with van der Waals surface area (Å²) in [5.41, 5.74) is 0.582. The third-order valence-electron chi connectivity index (χ3n) is 3.76. The van der Waals surface area contributed by atoms with Gasteiger partial charge in [0.25, 0.3) is 0 Å². The van der Waals surface area contributed by atoms with Crippen molar-refractivity contribution in [2.75, 3.05) is 0 Å². The van der Waals surface area contributed by atoms with Crippen LogP contribution in [-0.2, 0) is 17.4 Å². The molecule has 0 saturated heterocycles. The lowest BCUT2D eigenvalue weighted by Gasteiger charge is -2.23. The van der Waals surface area contributed by atoms with Crippen molar-refractivity contribution in [3.8, 4) is 0 Å². The molecule has 1 amide bonds. The van der Waals surface area contributed by atoms with Crippen molar-refractivity contribution in [1.29, 1.82) is 0 Å². The highest BCUT2D eigenvalue weighted by molar-refractivity contribution is 5.79. The number of nitrogens with one attached hydrogen (secondary N) is 1. The minimum Gasteiger partial charge on any atom is -0.349 e. The van der Waals surface area contributed by atoms with E-state index in [-0.39, 0.29) is 24.3 Å². The summed E-state index contributed by atoms with van der Waals surface area (Å²) in [6.45, 7) is 3.98. The molecule has 2 aromatic carbocycles. The third kappa shape index (κ3) is 4.85. The van der Waals surface area contributed by atoms with Crippen molar-refractivity contribution in [2.24, 2.45) is 5.92 Å². The van der Waals surface area contributed by atoms with E-state index in [1.807, 2.05) is 44.2 Å². The van der Waals surface area contributed by atoms with Crippen LogP contribution in [0.2, 0.25) is 0 Å². The minimum atomic E-state index is -4.41. The molecule has 0 aliphatic rings. The van der Waals surface area contributed by atoms with Crippen LogP contribution in [0.3, 0.4) is 0 Å². The zero-order valence-electron chi connectivity index (χ0n) is 13.6. The Morgan fingerprint density at radius 2 is 1.71 bits per heavy atom. The van der Waals surface area contributed by atoms with E-state index in [1.165, 1.54) is 12.1 Å². The first-order chi connectivity index (χ1) is 11.3. The fourth-order valence-electron chi connectivity index (χ4n) is 2.56. The quantitative estimate of drug-likeness (QED) is 0.838. The van der Waals surface area contributed by atoms with Crippen LogP contribution in [-0.4, -0.2) is 5.91 Å². The van der Waals surface area contributed by atoms with Crippen molar-refractivity contribution in [3.05, 3.63) is 71.3 Å². The molecule has 1 atom stereocenters. The highest BCUT2D eigenvalue weighted by Gasteiger charge is 2.30. The molecule has 0 fully saturated rings. The second-order valence-electron chi connectivity index (χ2n) is 6.07. The van der Waals surface area contributed by atoms with Crippen molar-refractivity contribution in [3.63, 3.8) is 0 Å². The Labute approximate surface area is 139 Å². The molecule has 0 heterocycles. The van der Waals surface area contributed by atoms with Gasteiger partial charge < -0.3 is 5.32 Å². The molecule has 0 aliphatic heterocycles. The molecule has 1 N–H and O–H groups in total. The SMILES string of the molecule is CC(C)C(NC(=O)Cc1cccc(C(F)(F)F)c1)c1ccccc1. The zero-order valence-corrected chi connectivity index (χ0v) is 13.6. The number of carbonyl (C=O) groups excluding carboxylic acids is 1. The maximum absolute atomic E-state index is 12.7. The largest absolute Gasteiger partial charge is 0.416 e. The van der Waals surface area contributed by atoms with E-state index >= 15 is 0 Å². The second-order valence-corrected chi connectivity index (χ2v) is 6.07. The molecule has 0 saturated carbocycles. The number of rotatable bonds is 5. The summed E-state index contributed by atoms with van der Waals surface area (Å²) >= 11 is 0. The van der Waals surface area contributed by atoms with Gasteiger partial charge in [0.05, 0.1) is 18.0 Å². The highest BCUT2D eigenvalue weighted by Crippen LogP contribution is 2.29. The molecule has 2 rings (SSSR count). The number of alkyl halides is 3. The van der Waals surface area contributed by atoms with Gasteiger partial charge in [0, 0.05) is 0 Å². The minimum absolute atomic E-state index is 0.0834. The lowest BCUT2D eigenvalue weighted by atomic mass is 9.95. The van der Waals surface area contributed by atoms with E-state index in [9.17, 15) is 18.0 Å². The molecule has 0 aliphatic carbocycles. The Bertz CT molecular complexity index is 681. The molecule has 5 heteroatoms. The normalized spacial score (nSPS) is 12.9. The summed E-state index contributed by atoms with van der Waals surface area (Å²) in [6.07, 6.45) is -4.49. The van der Waals surface area contributed by atoms with Crippen LogP contribution in [0, 0.1) is 5.92 Å². The maximum atomic E-state index is 12.7. The molecule has 2 aromatic rings. The summed E-state index contributed by atoms with van der Waals surface area (Å²) in [5.74, 6) is -0.130. The smallest absolute Gasteiger partial charge is 0.349 e. The average molecular weight is 335 g/mol. The van der Waals surface area contributed by atoms with Gasteiger partial charge in [0.2, 0.25) is 5.91 Å². The van der Waals surface area contributed by atoms with Gasteiger partial charge in [0.15, 0.2) is 0 Å². The van der Waals surface area contributed by atoms with Gasteiger partial charge in [-0.1, -0.05) is 62.4 Å². The first kappa shape index (κ1) is 18.0. The van der Waals surface area contributed by atoms with Crippen LogP contribution < -0.4 is 5.32 Å². The molecule has 0 aromatic heterocycles. The van der Waals surface area contributed by atoms with Crippen LogP contribution in [0.5, 0.6) is 0 Å². The molecule has 0 radical (unpaired) electrons. The molecular formula is C19H20F3NO. The van der Waals surface area contributed by atoms with E-state index < -0.39 is 11.7 Å². The van der Waals surface area contributed by atoms with Crippen molar-refractivity contribution in [2.45, 2.75) is 32.5 Å². The topological polar surface area (TPSA) is 29.1 Å². The number of hydrogen-bond donors (Lipinski definition) is 1.